The number of nitrogens with zero attached hydrogens (tertiary/aromatic N) is 1. The van der Waals surface area contributed by atoms with Crippen LogP contribution in [0.1, 0.15) is 36.8 Å². The average Bonchev–Trinajstić information content (AvgIpc) is 3.12. The maximum Gasteiger partial charge on any atom is 0.166 e. The molecule has 5 heteroatoms. The lowest BCUT2D eigenvalue weighted by atomic mass is 9.98. The van der Waals surface area contributed by atoms with Crippen LogP contribution in [0.15, 0.2) is 54.7 Å². The summed E-state index contributed by atoms with van der Waals surface area (Å²) in [4.78, 5) is 0. The number of ether oxygens (including phenoxy) is 3. The van der Waals surface area contributed by atoms with Gasteiger partial charge in [0.05, 0.1) is 26.5 Å². The number of rotatable bonds is 3. The average molecular weight is 386 g/mol. The first-order valence-electron chi connectivity index (χ1n) is 9.01. The molecule has 0 aliphatic carbocycles. The van der Waals surface area contributed by atoms with E-state index < -0.39 is 0 Å². The van der Waals surface area contributed by atoms with Crippen LogP contribution in [0.3, 0.4) is 0 Å². The van der Waals surface area contributed by atoms with Gasteiger partial charge in [0.25, 0.3) is 0 Å². The van der Waals surface area contributed by atoms with Crippen LogP contribution in [0.5, 0.6) is 11.5 Å². The number of halogens is 1. The molecule has 142 valence electrons. The molecule has 0 bridgehead atoms. The highest BCUT2D eigenvalue weighted by Gasteiger charge is 2.28. The molecular formula is C22H24ClNO3. The minimum atomic E-state index is -0.307. The van der Waals surface area contributed by atoms with Gasteiger partial charge in [-0.1, -0.05) is 37.6 Å². The van der Waals surface area contributed by atoms with E-state index in [1.165, 1.54) is 0 Å². The zero-order chi connectivity index (χ0) is 19.4. The van der Waals surface area contributed by atoms with Gasteiger partial charge in [0, 0.05) is 28.0 Å². The van der Waals surface area contributed by atoms with Crippen molar-refractivity contribution in [3.05, 3.63) is 76.6 Å². The van der Waals surface area contributed by atoms with E-state index in [9.17, 15) is 0 Å². The van der Waals surface area contributed by atoms with Crippen molar-refractivity contribution in [1.29, 1.82) is 0 Å². The number of fused-ring (bicyclic) bond motifs is 3. The first-order chi connectivity index (χ1) is 13.2. The largest absolute Gasteiger partial charge is 0.493 e. The number of benzene rings is 2. The van der Waals surface area contributed by atoms with Crippen molar-refractivity contribution in [2.45, 2.75) is 26.6 Å². The summed E-state index contributed by atoms with van der Waals surface area (Å²) < 4.78 is 19.5. The van der Waals surface area contributed by atoms with Gasteiger partial charge < -0.3 is 18.8 Å². The number of methoxy groups -OCH3 is 2. The third-order valence-electron chi connectivity index (χ3n) is 4.48. The fraction of sp³-hybridized carbons (Fsp3) is 0.273. The summed E-state index contributed by atoms with van der Waals surface area (Å²) in [6.45, 7) is 4.49. The van der Waals surface area contributed by atoms with Crippen molar-refractivity contribution in [3.63, 3.8) is 0 Å². The molecule has 1 unspecified atom stereocenters. The Bertz CT molecular complexity index is 920. The Hall–Kier alpha value is -2.43. The molecule has 0 fully saturated rings. The Labute approximate surface area is 165 Å². The molecule has 27 heavy (non-hydrogen) atoms. The highest BCUT2D eigenvalue weighted by Crippen LogP contribution is 2.43. The van der Waals surface area contributed by atoms with Crippen LogP contribution in [0, 0.1) is 0 Å². The zero-order valence-electron chi connectivity index (χ0n) is 16.0. The lowest BCUT2D eigenvalue weighted by Crippen LogP contribution is -2.08. The monoisotopic (exact) mass is 385 g/mol. The third-order valence-corrected chi connectivity index (χ3v) is 4.71. The number of aromatic nitrogens is 1. The molecule has 1 aromatic heterocycles. The van der Waals surface area contributed by atoms with Gasteiger partial charge in [-0.25, -0.2) is 0 Å². The van der Waals surface area contributed by atoms with E-state index in [-0.39, 0.29) is 6.10 Å². The van der Waals surface area contributed by atoms with Crippen molar-refractivity contribution in [3.8, 4) is 17.2 Å². The summed E-state index contributed by atoms with van der Waals surface area (Å²) in [5.41, 5.74) is 4.05. The van der Waals surface area contributed by atoms with Crippen LogP contribution in [0.2, 0.25) is 5.02 Å². The Balaban J connectivity index is 0.00000102. The van der Waals surface area contributed by atoms with Crippen molar-refractivity contribution >= 4 is 11.6 Å². The van der Waals surface area contributed by atoms with Gasteiger partial charge in [-0.2, -0.15) is 0 Å². The van der Waals surface area contributed by atoms with Crippen molar-refractivity contribution in [2.75, 3.05) is 14.2 Å². The first kappa shape index (κ1) is 19.3. The predicted molar refractivity (Wildman–Crippen MR) is 108 cm³/mol. The molecule has 0 radical (unpaired) electrons. The Morgan fingerprint density at radius 3 is 2.56 bits per heavy atom. The quantitative estimate of drug-likeness (QED) is 0.571. The second-order valence-corrected chi connectivity index (χ2v) is 6.28. The molecule has 1 atom stereocenters. The van der Waals surface area contributed by atoms with Gasteiger partial charge >= 0.3 is 0 Å². The second kappa shape index (κ2) is 8.51. The van der Waals surface area contributed by atoms with Gasteiger partial charge in [0.1, 0.15) is 6.10 Å². The molecule has 0 saturated heterocycles. The van der Waals surface area contributed by atoms with Gasteiger partial charge in [0.15, 0.2) is 11.5 Å². The number of para-hydroxylation sites is 1. The van der Waals surface area contributed by atoms with Crippen LogP contribution in [-0.2, 0) is 11.3 Å². The van der Waals surface area contributed by atoms with E-state index in [0.29, 0.717) is 23.1 Å². The van der Waals surface area contributed by atoms with E-state index in [4.69, 9.17) is 25.8 Å². The molecule has 2 heterocycles. The third kappa shape index (κ3) is 3.55. The molecule has 0 saturated carbocycles. The van der Waals surface area contributed by atoms with E-state index in [1.807, 2.05) is 62.5 Å². The summed E-state index contributed by atoms with van der Waals surface area (Å²) >= 11 is 6.30. The van der Waals surface area contributed by atoms with E-state index in [1.54, 1.807) is 14.2 Å². The van der Waals surface area contributed by atoms with E-state index in [2.05, 4.69) is 10.6 Å². The molecular weight excluding hydrogens is 362 g/mol. The summed E-state index contributed by atoms with van der Waals surface area (Å²) in [5, 5.41) is 0.671. The first-order valence-corrected chi connectivity index (χ1v) is 9.39. The van der Waals surface area contributed by atoms with Gasteiger partial charge in [-0.05, 0) is 36.4 Å². The molecule has 0 N–H and O–H groups in total. The minimum absolute atomic E-state index is 0.307. The smallest absolute Gasteiger partial charge is 0.166 e. The lowest BCUT2D eigenvalue weighted by Gasteiger charge is -2.22. The summed E-state index contributed by atoms with van der Waals surface area (Å²) in [5.74, 6) is 1.35. The SMILES string of the molecule is CC.COc1cccc(C2OCc3cccn3-c3ccc(Cl)cc32)c1OC. The lowest BCUT2D eigenvalue weighted by molar-refractivity contribution is 0.0660. The summed E-state index contributed by atoms with van der Waals surface area (Å²) in [7, 11) is 3.27. The van der Waals surface area contributed by atoms with Crippen LogP contribution in [0.4, 0.5) is 0 Å². The highest BCUT2D eigenvalue weighted by molar-refractivity contribution is 6.30. The highest BCUT2D eigenvalue weighted by atomic mass is 35.5. The fourth-order valence-corrected chi connectivity index (χ4v) is 3.54. The van der Waals surface area contributed by atoms with E-state index >= 15 is 0 Å². The molecule has 0 spiro atoms. The summed E-state index contributed by atoms with van der Waals surface area (Å²) in [6, 6.07) is 15.8. The Kier molecular flexibility index (Phi) is 6.09. The van der Waals surface area contributed by atoms with E-state index in [0.717, 1.165) is 22.5 Å². The normalized spacial score (nSPS) is 14.9. The van der Waals surface area contributed by atoms with Crippen LogP contribution in [0.25, 0.3) is 5.69 Å². The molecule has 2 aromatic carbocycles. The maximum absolute atomic E-state index is 6.30. The zero-order valence-corrected chi connectivity index (χ0v) is 16.8. The second-order valence-electron chi connectivity index (χ2n) is 5.85. The molecule has 3 aromatic rings. The minimum Gasteiger partial charge on any atom is -0.493 e. The van der Waals surface area contributed by atoms with Crippen LogP contribution >= 0.6 is 11.6 Å². The topological polar surface area (TPSA) is 32.6 Å². The maximum atomic E-state index is 6.30. The van der Waals surface area contributed by atoms with Crippen LogP contribution in [-0.4, -0.2) is 18.8 Å². The standard InChI is InChI=1S/C20H18ClNO3.C2H6/c1-23-18-7-3-6-15(20(18)24-2)19-16-11-13(21)8-9-17(16)22-10-4-5-14(22)12-25-19;1-2/h3-11,19H,12H2,1-2H3;1-2H3. The predicted octanol–water partition coefficient (Wildman–Crippen LogP) is 5.79. The Morgan fingerprint density at radius 2 is 1.81 bits per heavy atom. The Morgan fingerprint density at radius 1 is 1.00 bits per heavy atom. The van der Waals surface area contributed by atoms with Gasteiger partial charge in [-0.15, -0.1) is 0 Å². The molecule has 0 amide bonds. The fourth-order valence-electron chi connectivity index (χ4n) is 3.36. The van der Waals surface area contributed by atoms with Crippen molar-refractivity contribution in [1.82, 2.24) is 4.57 Å². The molecule has 1 aliphatic heterocycles. The van der Waals surface area contributed by atoms with Crippen molar-refractivity contribution in [2.24, 2.45) is 0 Å². The van der Waals surface area contributed by atoms with Gasteiger partial charge in [0.2, 0.25) is 0 Å². The summed E-state index contributed by atoms with van der Waals surface area (Å²) in [6.07, 6.45) is 1.73. The molecule has 4 nitrogen and oxygen atoms in total. The van der Waals surface area contributed by atoms with Crippen LogP contribution < -0.4 is 9.47 Å². The molecule has 1 aliphatic rings. The van der Waals surface area contributed by atoms with Gasteiger partial charge in [-0.3, -0.25) is 0 Å². The number of hydrogen-bond donors (Lipinski definition) is 0. The number of hydrogen-bond acceptors (Lipinski definition) is 3. The molecule has 4 rings (SSSR count). The van der Waals surface area contributed by atoms with Crippen molar-refractivity contribution < 1.29 is 14.2 Å².